The summed E-state index contributed by atoms with van der Waals surface area (Å²) in [4.78, 5) is 28.7. The Balaban J connectivity index is 2.20. The highest BCUT2D eigenvalue weighted by Crippen LogP contribution is 2.53. The molecule has 3 rings (SSSR count). The highest BCUT2D eigenvalue weighted by molar-refractivity contribution is 6.18. The third-order valence-electron chi connectivity index (χ3n) is 4.12. The van der Waals surface area contributed by atoms with Crippen LogP contribution in [-0.2, 0) is 15.3 Å². The molecule has 6 heteroatoms. The molecule has 0 radical (unpaired) electrons. The zero-order valence-corrected chi connectivity index (χ0v) is 11.7. The molecule has 110 valence electrons. The molecule has 0 bridgehead atoms. The van der Waals surface area contributed by atoms with Gasteiger partial charge in [-0.1, -0.05) is 24.3 Å². The third-order valence-corrected chi connectivity index (χ3v) is 4.12. The number of esters is 1. The standard InChI is InChI=1S/C15H15NO5/c1-3-21-13(18)11-8(2)16-15(20)10-7-5-4-6-9(10)12(17)14(11,15)19/h4-7,11,19-20H,3H2,1-2H3/t11-,14+,15+/m1/s1. The first-order chi connectivity index (χ1) is 9.88. The number of benzene rings is 1. The van der Waals surface area contributed by atoms with Crippen molar-refractivity contribution in [1.29, 1.82) is 0 Å². The fourth-order valence-electron chi connectivity index (χ4n) is 3.22. The van der Waals surface area contributed by atoms with Gasteiger partial charge < -0.3 is 14.9 Å². The van der Waals surface area contributed by atoms with E-state index < -0.39 is 29.0 Å². The Labute approximate surface area is 121 Å². The average molecular weight is 289 g/mol. The second-order valence-electron chi connectivity index (χ2n) is 5.25. The van der Waals surface area contributed by atoms with Crippen LogP contribution in [0.15, 0.2) is 29.3 Å². The summed E-state index contributed by atoms with van der Waals surface area (Å²) in [6.07, 6.45) is 0. The fraction of sp³-hybridized carbons (Fsp3) is 0.400. The van der Waals surface area contributed by atoms with Crippen molar-refractivity contribution in [2.75, 3.05) is 6.61 Å². The van der Waals surface area contributed by atoms with Crippen molar-refractivity contribution < 1.29 is 24.5 Å². The number of rotatable bonds is 2. The van der Waals surface area contributed by atoms with E-state index in [1.165, 1.54) is 19.1 Å². The summed E-state index contributed by atoms with van der Waals surface area (Å²) in [7, 11) is 0. The molecule has 1 heterocycles. The number of ether oxygens (including phenoxy) is 1. The van der Waals surface area contributed by atoms with Crippen molar-refractivity contribution in [2.24, 2.45) is 10.9 Å². The zero-order chi connectivity index (χ0) is 15.4. The van der Waals surface area contributed by atoms with Crippen LogP contribution >= 0.6 is 0 Å². The van der Waals surface area contributed by atoms with Gasteiger partial charge in [-0.05, 0) is 13.8 Å². The summed E-state index contributed by atoms with van der Waals surface area (Å²) < 4.78 is 4.92. The largest absolute Gasteiger partial charge is 0.465 e. The molecule has 1 aliphatic heterocycles. The number of aliphatic imine (C=N–C) groups is 1. The van der Waals surface area contributed by atoms with Gasteiger partial charge in [0.1, 0.15) is 5.92 Å². The first-order valence-corrected chi connectivity index (χ1v) is 6.70. The summed E-state index contributed by atoms with van der Waals surface area (Å²) in [6.45, 7) is 3.23. The molecule has 0 unspecified atom stereocenters. The van der Waals surface area contributed by atoms with Gasteiger partial charge in [-0.15, -0.1) is 0 Å². The van der Waals surface area contributed by atoms with E-state index >= 15 is 0 Å². The number of ketones is 1. The van der Waals surface area contributed by atoms with Crippen LogP contribution in [-0.4, -0.2) is 39.9 Å². The first-order valence-electron chi connectivity index (χ1n) is 6.70. The van der Waals surface area contributed by atoms with E-state index in [-0.39, 0.29) is 23.4 Å². The van der Waals surface area contributed by atoms with Gasteiger partial charge in [0.25, 0.3) is 0 Å². The lowest BCUT2D eigenvalue weighted by atomic mass is 9.79. The van der Waals surface area contributed by atoms with Crippen LogP contribution in [0.5, 0.6) is 0 Å². The predicted octanol–water partition coefficient (Wildman–Crippen LogP) is 0.413. The van der Waals surface area contributed by atoms with Crippen molar-refractivity contribution in [3.05, 3.63) is 35.4 Å². The number of hydrogen-bond acceptors (Lipinski definition) is 6. The van der Waals surface area contributed by atoms with E-state index in [1.54, 1.807) is 19.1 Å². The average Bonchev–Trinajstić information content (AvgIpc) is 2.75. The molecule has 1 aromatic carbocycles. The van der Waals surface area contributed by atoms with Gasteiger partial charge in [-0.25, -0.2) is 0 Å². The topological polar surface area (TPSA) is 96.2 Å². The van der Waals surface area contributed by atoms with Crippen LogP contribution < -0.4 is 0 Å². The van der Waals surface area contributed by atoms with Gasteiger partial charge in [-0.3, -0.25) is 14.6 Å². The number of carbonyl (C=O) groups excluding carboxylic acids is 2. The van der Waals surface area contributed by atoms with Gasteiger partial charge in [0.15, 0.2) is 5.60 Å². The lowest BCUT2D eigenvalue weighted by Gasteiger charge is -2.31. The molecule has 1 aliphatic carbocycles. The summed E-state index contributed by atoms with van der Waals surface area (Å²) in [6, 6.07) is 6.29. The number of Topliss-reactive ketones (excluding diaryl/α,β-unsaturated/α-hetero) is 1. The molecule has 2 N–H and O–H groups in total. The fourth-order valence-corrected chi connectivity index (χ4v) is 3.22. The van der Waals surface area contributed by atoms with Crippen LogP contribution in [0.3, 0.4) is 0 Å². The maximum absolute atomic E-state index is 12.6. The molecule has 0 amide bonds. The van der Waals surface area contributed by atoms with Crippen molar-refractivity contribution in [1.82, 2.24) is 0 Å². The van der Waals surface area contributed by atoms with Crippen molar-refractivity contribution in [3.8, 4) is 0 Å². The van der Waals surface area contributed by atoms with Crippen LogP contribution in [0.4, 0.5) is 0 Å². The minimum Gasteiger partial charge on any atom is -0.465 e. The SMILES string of the molecule is CCOC(=O)[C@H]1C(C)=N[C@]2(O)c3ccccc3C(=O)[C@@]12O. The molecule has 0 aromatic heterocycles. The van der Waals surface area contributed by atoms with Crippen molar-refractivity contribution in [3.63, 3.8) is 0 Å². The van der Waals surface area contributed by atoms with E-state index in [0.717, 1.165) is 0 Å². The Kier molecular flexibility index (Phi) is 2.80. The Morgan fingerprint density at radius 1 is 1.38 bits per heavy atom. The van der Waals surface area contributed by atoms with E-state index in [1.807, 2.05) is 0 Å². The number of fused-ring (bicyclic) bond motifs is 3. The minimum absolute atomic E-state index is 0.109. The molecule has 2 aliphatic rings. The molecular weight excluding hydrogens is 274 g/mol. The predicted molar refractivity (Wildman–Crippen MR) is 72.9 cm³/mol. The van der Waals surface area contributed by atoms with Crippen molar-refractivity contribution >= 4 is 17.5 Å². The normalized spacial score (nSPS) is 33.4. The minimum atomic E-state index is -2.34. The Morgan fingerprint density at radius 2 is 2.05 bits per heavy atom. The van der Waals surface area contributed by atoms with Gasteiger partial charge in [0, 0.05) is 16.8 Å². The van der Waals surface area contributed by atoms with E-state index in [0.29, 0.717) is 0 Å². The smallest absolute Gasteiger partial charge is 0.318 e. The van der Waals surface area contributed by atoms with E-state index in [2.05, 4.69) is 4.99 Å². The Morgan fingerprint density at radius 3 is 2.71 bits per heavy atom. The van der Waals surface area contributed by atoms with Gasteiger partial charge in [-0.2, -0.15) is 0 Å². The highest BCUT2D eigenvalue weighted by atomic mass is 16.5. The second kappa shape index (κ2) is 4.22. The Bertz CT molecular complexity index is 682. The molecule has 0 saturated carbocycles. The highest BCUT2D eigenvalue weighted by Gasteiger charge is 2.72. The van der Waals surface area contributed by atoms with E-state index in [9.17, 15) is 19.8 Å². The molecule has 3 atom stereocenters. The molecule has 0 saturated heterocycles. The van der Waals surface area contributed by atoms with Crippen LogP contribution in [0.2, 0.25) is 0 Å². The molecular formula is C15H15NO5. The third kappa shape index (κ3) is 1.46. The molecule has 0 spiro atoms. The summed E-state index contributed by atoms with van der Waals surface area (Å²) in [5.41, 5.74) is -3.91. The van der Waals surface area contributed by atoms with Crippen LogP contribution in [0.25, 0.3) is 0 Å². The number of hydrogen-bond donors (Lipinski definition) is 2. The summed E-state index contributed by atoms with van der Waals surface area (Å²) in [5, 5.41) is 21.7. The monoisotopic (exact) mass is 289 g/mol. The van der Waals surface area contributed by atoms with Gasteiger partial charge >= 0.3 is 5.97 Å². The lowest BCUT2D eigenvalue weighted by molar-refractivity contribution is -0.164. The zero-order valence-electron chi connectivity index (χ0n) is 11.7. The molecule has 6 nitrogen and oxygen atoms in total. The molecule has 21 heavy (non-hydrogen) atoms. The molecule has 0 fully saturated rings. The number of aliphatic hydroxyl groups is 2. The summed E-state index contributed by atoms with van der Waals surface area (Å²) >= 11 is 0. The molecule has 1 aromatic rings. The Hall–Kier alpha value is -2.05. The van der Waals surface area contributed by atoms with E-state index in [4.69, 9.17) is 4.74 Å². The number of nitrogens with zero attached hydrogens (tertiary/aromatic N) is 1. The maximum Gasteiger partial charge on any atom is 0.318 e. The van der Waals surface area contributed by atoms with Crippen LogP contribution in [0, 0.1) is 5.92 Å². The summed E-state index contributed by atoms with van der Waals surface area (Å²) in [5.74, 6) is -2.78. The van der Waals surface area contributed by atoms with Crippen molar-refractivity contribution in [2.45, 2.75) is 25.2 Å². The first kappa shape index (κ1) is 13.9. The lowest BCUT2D eigenvalue weighted by Crippen LogP contribution is -2.56. The van der Waals surface area contributed by atoms with Crippen LogP contribution in [0.1, 0.15) is 29.8 Å². The maximum atomic E-state index is 12.6. The second-order valence-corrected chi connectivity index (χ2v) is 5.25. The quantitative estimate of drug-likeness (QED) is 0.769. The number of carbonyl (C=O) groups is 2. The van der Waals surface area contributed by atoms with Gasteiger partial charge in [0.2, 0.25) is 11.5 Å². The van der Waals surface area contributed by atoms with Gasteiger partial charge in [0.05, 0.1) is 6.61 Å².